The molecule has 1 aromatic heterocycles. The monoisotopic (exact) mass is 576 g/mol. The van der Waals surface area contributed by atoms with Crippen LogP contribution in [0.1, 0.15) is 62.2 Å². The Labute approximate surface area is 237 Å². The molecule has 2 amide bonds. The van der Waals surface area contributed by atoms with Crippen LogP contribution in [-0.4, -0.2) is 66.2 Å². The van der Waals surface area contributed by atoms with Crippen molar-refractivity contribution in [3.05, 3.63) is 47.9 Å². The second-order valence-corrected chi connectivity index (χ2v) is 11.9. The highest BCUT2D eigenvalue weighted by atomic mass is 19.4. The van der Waals surface area contributed by atoms with Gasteiger partial charge in [-0.15, -0.1) is 0 Å². The fraction of sp³-hybridized carbons (Fsp3) is 0.567. The number of imide groups is 1. The fourth-order valence-corrected chi connectivity index (χ4v) is 5.99. The molecule has 2 saturated heterocycles. The van der Waals surface area contributed by atoms with Crippen molar-refractivity contribution in [3.63, 3.8) is 0 Å². The predicted molar refractivity (Wildman–Crippen MR) is 145 cm³/mol. The van der Waals surface area contributed by atoms with Crippen molar-refractivity contribution in [3.8, 4) is 17.0 Å². The van der Waals surface area contributed by atoms with E-state index in [1.807, 2.05) is 4.90 Å². The van der Waals surface area contributed by atoms with Gasteiger partial charge in [0.1, 0.15) is 5.82 Å². The number of benzene rings is 1. The van der Waals surface area contributed by atoms with Crippen LogP contribution in [0.15, 0.2) is 36.5 Å². The maximum Gasteiger partial charge on any atom is 0.395 e. The second kappa shape index (κ2) is 11.7. The summed E-state index contributed by atoms with van der Waals surface area (Å²) in [5.74, 6) is -1.36. The van der Waals surface area contributed by atoms with Crippen LogP contribution in [0, 0.1) is 17.2 Å². The number of likely N-dealkylation sites (tertiary alicyclic amines) is 1. The molecular weight excluding hydrogens is 540 g/mol. The minimum Gasteiger partial charge on any atom is -0.477 e. The number of carbonyl (C=O) groups is 2. The maximum absolute atomic E-state index is 14.8. The number of nitrogens with one attached hydrogen (secondary N) is 2. The van der Waals surface area contributed by atoms with Crippen molar-refractivity contribution < 1.29 is 31.9 Å². The van der Waals surface area contributed by atoms with Gasteiger partial charge in [0, 0.05) is 24.4 Å². The van der Waals surface area contributed by atoms with E-state index in [2.05, 4.69) is 15.6 Å². The number of halogens is 4. The Morgan fingerprint density at radius 3 is 2.39 bits per heavy atom. The molecule has 41 heavy (non-hydrogen) atoms. The van der Waals surface area contributed by atoms with Crippen LogP contribution in [0.2, 0.25) is 0 Å². The number of alkyl halides is 3. The summed E-state index contributed by atoms with van der Waals surface area (Å²) in [6, 6.07) is 7.59. The highest BCUT2D eigenvalue weighted by Crippen LogP contribution is 2.53. The van der Waals surface area contributed by atoms with Crippen LogP contribution in [0.25, 0.3) is 11.1 Å². The molecule has 1 aromatic carbocycles. The zero-order chi connectivity index (χ0) is 29.3. The van der Waals surface area contributed by atoms with Crippen LogP contribution in [0.5, 0.6) is 5.88 Å². The molecule has 0 radical (unpaired) electrons. The maximum atomic E-state index is 14.8. The molecule has 2 aromatic rings. The lowest BCUT2D eigenvalue weighted by molar-refractivity contribution is -0.256. The summed E-state index contributed by atoms with van der Waals surface area (Å²) >= 11 is 0. The molecule has 7 nitrogen and oxygen atoms in total. The lowest BCUT2D eigenvalue weighted by Gasteiger charge is -2.47. The Morgan fingerprint density at radius 1 is 1.10 bits per heavy atom. The minimum absolute atomic E-state index is 0.0916. The van der Waals surface area contributed by atoms with Crippen LogP contribution in [0.4, 0.5) is 17.6 Å². The van der Waals surface area contributed by atoms with Crippen LogP contribution in [0.3, 0.4) is 0 Å². The molecule has 3 fully saturated rings. The molecule has 11 heteroatoms. The third-order valence-electron chi connectivity index (χ3n) is 8.99. The number of hydrogen-bond acceptors (Lipinski definition) is 6. The highest BCUT2D eigenvalue weighted by Gasteiger charge is 2.58. The van der Waals surface area contributed by atoms with Crippen molar-refractivity contribution in [1.29, 1.82) is 0 Å². The third-order valence-corrected chi connectivity index (χ3v) is 8.99. The number of nitrogens with zero attached hydrogens (tertiary/aromatic N) is 2. The van der Waals surface area contributed by atoms with E-state index in [1.165, 1.54) is 12.1 Å². The lowest BCUT2D eigenvalue weighted by atomic mass is 9.67. The van der Waals surface area contributed by atoms with Gasteiger partial charge in [-0.3, -0.25) is 14.9 Å². The summed E-state index contributed by atoms with van der Waals surface area (Å²) in [6.07, 6.45) is 1.48. The molecule has 222 valence electrons. The van der Waals surface area contributed by atoms with E-state index in [-0.39, 0.29) is 30.9 Å². The standard InChI is InChI=1S/C30H36F4N4O3/c1-28(10-3-13-36-28)27(40)37-26(39)23-6-4-21(16-24(23)31)22-5-7-25(35-17-22)41-18-20-8-14-38(15-9-20)19-29(11-2-12-29)30(32,33)34/h4-7,16-17,20,36H,2-3,8-15,18-19H2,1H3,(H,37,39,40)/t28-/m0/s1. The second-order valence-electron chi connectivity index (χ2n) is 11.9. The first-order chi connectivity index (χ1) is 19.5. The van der Waals surface area contributed by atoms with Gasteiger partial charge in [-0.1, -0.05) is 12.5 Å². The number of hydrogen-bond donors (Lipinski definition) is 2. The van der Waals surface area contributed by atoms with Gasteiger partial charge in [0.05, 0.1) is 23.1 Å². The Morgan fingerprint density at radius 2 is 1.83 bits per heavy atom. The summed E-state index contributed by atoms with van der Waals surface area (Å²) in [5.41, 5.74) is -1.44. The minimum atomic E-state index is -4.14. The summed E-state index contributed by atoms with van der Waals surface area (Å²) in [6.45, 7) is 4.18. The van der Waals surface area contributed by atoms with Gasteiger partial charge in [-0.05, 0) is 94.8 Å². The number of amides is 2. The predicted octanol–water partition coefficient (Wildman–Crippen LogP) is 5.11. The largest absolute Gasteiger partial charge is 0.477 e. The summed E-state index contributed by atoms with van der Waals surface area (Å²) in [4.78, 5) is 31.3. The fourth-order valence-electron chi connectivity index (χ4n) is 5.99. The van der Waals surface area contributed by atoms with E-state index in [9.17, 15) is 27.2 Å². The Balaban J connectivity index is 1.10. The van der Waals surface area contributed by atoms with E-state index in [1.54, 1.807) is 31.3 Å². The molecule has 0 spiro atoms. The molecule has 0 bridgehead atoms. The zero-order valence-corrected chi connectivity index (χ0v) is 23.2. The van der Waals surface area contributed by atoms with Gasteiger partial charge in [0.2, 0.25) is 11.8 Å². The van der Waals surface area contributed by atoms with E-state index in [4.69, 9.17) is 4.74 Å². The molecule has 1 atom stereocenters. The number of rotatable bonds is 8. The molecule has 3 aliphatic rings. The molecule has 1 saturated carbocycles. The molecule has 2 N–H and O–H groups in total. The van der Waals surface area contributed by atoms with E-state index in [0.29, 0.717) is 56.1 Å². The quantitative estimate of drug-likeness (QED) is 0.336. The van der Waals surface area contributed by atoms with Crippen molar-refractivity contribution in [2.45, 2.75) is 63.6 Å². The highest BCUT2D eigenvalue weighted by molar-refractivity contribution is 6.07. The van der Waals surface area contributed by atoms with E-state index >= 15 is 0 Å². The average molecular weight is 577 g/mol. The molecule has 0 unspecified atom stereocenters. The zero-order valence-electron chi connectivity index (χ0n) is 23.2. The van der Waals surface area contributed by atoms with Crippen molar-refractivity contribution in [2.24, 2.45) is 11.3 Å². The molecule has 2 aliphatic heterocycles. The Hall–Kier alpha value is -3.05. The van der Waals surface area contributed by atoms with Gasteiger partial charge < -0.3 is 15.0 Å². The average Bonchev–Trinajstić information content (AvgIpc) is 3.37. The first-order valence-electron chi connectivity index (χ1n) is 14.3. The summed E-state index contributed by atoms with van der Waals surface area (Å²) in [5, 5.41) is 5.37. The molecule has 3 heterocycles. The summed E-state index contributed by atoms with van der Waals surface area (Å²) in [7, 11) is 0. The van der Waals surface area contributed by atoms with Gasteiger partial charge in [-0.2, -0.15) is 13.2 Å². The topological polar surface area (TPSA) is 83.6 Å². The smallest absolute Gasteiger partial charge is 0.395 e. The Bertz CT molecular complexity index is 1250. The SMILES string of the molecule is C[C@@]1(C(=O)NC(=O)c2ccc(-c3ccc(OCC4CCN(CC5(C(F)(F)F)CCC5)CC4)nc3)cc2F)CCCN1. The van der Waals surface area contributed by atoms with Gasteiger partial charge in [0.15, 0.2) is 0 Å². The van der Waals surface area contributed by atoms with Gasteiger partial charge in [0.25, 0.3) is 5.91 Å². The Kier molecular flexibility index (Phi) is 8.39. The number of pyridine rings is 1. The van der Waals surface area contributed by atoms with Crippen molar-refractivity contribution in [1.82, 2.24) is 20.5 Å². The van der Waals surface area contributed by atoms with Crippen molar-refractivity contribution in [2.75, 3.05) is 32.8 Å². The normalized spacial score (nSPS) is 23.1. The van der Waals surface area contributed by atoms with Gasteiger partial charge in [-0.25, -0.2) is 9.37 Å². The molecule has 5 rings (SSSR count). The van der Waals surface area contributed by atoms with Crippen LogP contribution in [-0.2, 0) is 4.79 Å². The van der Waals surface area contributed by atoms with Crippen molar-refractivity contribution >= 4 is 11.8 Å². The molecular formula is C30H36F4N4O3. The first-order valence-corrected chi connectivity index (χ1v) is 14.3. The number of piperidine rings is 1. The van der Waals surface area contributed by atoms with Crippen LogP contribution < -0.4 is 15.4 Å². The first kappa shape index (κ1) is 29.4. The number of ether oxygens (including phenoxy) is 1. The van der Waals surface area contributed by atoms with E-state index in [0.717, 1.165) is 19.3 Å². The van der Waals surface area contributed by atoms with Crippen LogP contribution >= 0.6 is 0 Å². The van der Waals surface area contributed by atoms with E-state index < -0.39 is 34.8 Å². The molecule has 1 aliphatic carbocycles. The number of carbonyl (C=O) groups excluding carboxylic acids is 2. The number of aromatic nitrogens is 1. The van der Waals surface area contributed by atoms with Gasteiger partial charge >= 0.3 is 6.18 Å². The lowest BCUT2D eigenvalue weighted by Crippen LogP contribution is -2.53. The third kappa shape index (κ3) is 6.40. The summed E-state index contributed by atoms with van der Waals surface area (Å²) < 4.78 is 61.2.